The van der Waals surface area contributed by atoms with Crippen LogP contribution in [0.25, 0.3) is 0 Å². The smallest absolute Gasteiger partial charge is 0.320 e. The minimum Gasteiger partial charge on any atom is -0.480 e. The van der Waals surface area contributed by atoms with Gasteiger partial charge in [-0.25, -0.2) is 0 Å². The first-order valence-corrected chi connectivity index (χ1v) is 35.8. The molecule has 6 saturated heterocycles. The molecule has 0 radical (unpaired) electrons. The van der Waals surface area contributed by atoms with Crippen molar-refractivity contribution >= 4 is 64.1 Å². The van der Waals surface area contributed by atoms with Crippen molar-refractivity contribution in [2.24, 2.45) is 0 Å². The summed E-state index contributed by atoms with van der Waals surface area (Å²) in [6.45, 7) is -3.16. The Labute approximate surface area is 631 Å². The van der Waals surface area contributed by atoms with Gasteiger partial charge in [-0.15, -0.1) is 0 Å². The molecule has 1 aromatic rings. The Morgan fingerprint density at radius 3 is 0.991 bits per heavy atom. The van der Waals surface area contributed by atoms with E-state index in [0.717, 1.165) is 0 Å². The molecular weight excluding hydrogens is 1520 g/mol. The first kappa shape index (κ1) is 89.4. The molecule has 44 nitrogen and oxygen atoms in total. The predicted molar refractivity (Wildman–Crippen MR) is 362 cm³/mol. The van der Waals surface area contributed by atoms with E-state index in [1.54, 1.807) is 28.0 Å². The predicted octanol–water partition coefficient (Wildman–Crippen LogP) is -14.4. The maximum atomic E-state index is 13.3. The number of fused-ring (bicyclic) bond motifs is 2. The highest BCUT2D eigenvalue weighted by atomic mass is 32.1. The summed E-state index contributed by atoms with van der Waals surface area (Å²) in [5, 5.41) is 246. The van der Waals surface area contributed by atoms with E-state index in [2.05, 4.69) is 16.0 Å². The first-order valence-electron chi connectivity index (χ1n) is 34.6. The summed E-state index contributed by atoms with van der Waals surface area (Å²) in [5.41, 5.74) is 0.786. The maximum Gasteiger partial charge on any atom is 0.320 e. The van der Waals surface area contributed by atoms with Crippen molar-refractivity contribution in [3.8, 4) is 0 Å². The van der Waals surface area contributed by atoms with Crippen molar-refractivity contribution < 1.29 is 184 Å². The molecule has 0 saturated carbocycles. The van der Waals surface area contributed by atoms with E-state index in [0.29, 0.717) is 17.8 Å². The number of thiocarbonyl (C=S) groups is 3. The monoisotopic (exact) mass is 1620 g/mol. The van der Waals surface area contributed by atoms with Crippen LogP contribution in [0.1, 0.15) is 30.7 Å². The number of rotatable bonds is 29. The molecule has 0 amide bonds. The number of carboxylic acids is 2. The van der Waals surface area contributed by atoms with Gasteiger partial charge in [-0.2, -0.15) is 0 Å². The van der Waals surface area contributed by atoms with Crippen molar-refractivity contribution in [3.05, 3.63) is 29.6 Å². The molecule has 8 rings (SSSR count). The van der Waals surface area contributed by atoms with Crippen LogP contribution in [0.2, 0.25) is 0 Å². The number of hydrogen-bond donors (Lipinski definition) is 26. The number of carbonyl (C=O) groups is 2. The fourth-order valence-corrected chi connectivity index (χ4v) is 13.2. The molecule has 0 aromatic carbocycles. The minimum absolute atomic E-state index is 0.0551. The van der Waals surface area contributed by atoms with Crippen LogP contribution in [-0.4, -0.2) is 453 Å². The average molecular weight is 1620 g/mol. The fraction of sp³-hybridized carbons (Fsp3) is 0.836. The summed E-state index contributed by atoms with van der Waals surface area (Å²) in [6.07, 6.45) is -52.0. The maximum absolute atomic E-state index is 13.3. The standard InChI is InChI=1S/C61H99N7O37S3/c69-33-27(100-53(91)45(81)39(33)75)17-94-56-48(84)42(78)36(72)30(103-56)20-97-59(106)62-7-2-10-66-11-13-67(25(51(87)88)5-8-63-60(107)98-21-31-37(73)43(79)49(85)57(104-31)95-18-28-34(70)40(76)46(82)54(92)101-28)15-23-3-1-4-24(65-23)16-68(14-12-66)26(52(89)90)6-9-64-61(108)99-22-32-38(74)44(80)50(86)58(105-32)96-19-29-35(71)41(77)47(83)55(93)102-29/h1,3-4,25-50,53-58,69-86,91-93H,2,5-22H2,(H,62,106)(H,63,107)(H,64,108)(H,87,88)(H,89,90)/t25?,26?,27-,28-,29-,30-,31-,32-,33-,34-,35-,36-,37-,38-,39+,40+,41+,42+,43+,44+,45-,46-,47-,48-,49-,50-,53-,54-,55-,56-,57-,58-/m1/s1. The molecule has 0 aliphatic carbocycles. The van der Waals surface area contributed by atoms with Gasteiger partial charge in [0.1, 0.15) is 178 Å². The number of aliphatic carboxylic acids is 2. The highest BCUT2D eigenvalue weighted by molar-refractivity contribution is 7.80. The van der Waals surface area contributed by atoms with Gasteiger partial charge in [-0.05, 0) is 74.6 Å². The molecule has 8 heterocycles. The molecule has 6 fully saturated rings. The summed E-state index contributed by atoms with van der Waals surface area (Å²) in [6, 6.07) is 2.49. The molecule has 1 aromatic heterocycles. The quantitative estimate of drug-likeness (QED) is 0.0262. The lowest BCUT2D eigenvalue weighted by atomic mass is 9.98. The molecule has 618 valence electrons. The number of aliphatic hydroxyl groups is 21. The van der Waals surface area contributed by atoms with Gasteiger partial charge in [0.15, 0.2) is 37.7 Å². The Balaban J connectivity index is 0.890. The Morgan fingerprint density at radius 1 is 0.398 bits per heavy atom. The second kappa shape index (κ2) is 41.7. The van der Waals surface area contributed by atoms with E-state index in [9.17, 15) is 127 Å². The van der Waals surface area contributed by atoms with E-state index in [1.165, 1.54) is 0 Å². The molecule has 47 heteroatoms. The van der Waals surface area contributed by atoms with Crippen LogP contribution in [0.15, 0.2) is 18.2 Å². The van der Waals surface area contributed by atoms with Gasteiger partial charge >= 0.3 is 11.9 Å². The molecule has 2 bridgehead atoms. The van der Waals surface area contributed by atoms with E-state index in [-0.39, 0.29) is 93.8 Å². The second-order valence-electron chi connectivity index (χ2n) is 26.8. The number of carboxylic acid groups (broad SMARTS) is 2. The topological polar surface area (TPSA) is 669 Å². The summed E-state index contributed by atoms with van der Waals surface area (Å²) >= 11 is 16.2. The summed E-state index contributed by atoms with van der Waals surface area (Å²) in [5.74, 6) is -2.50. The van der Waals surface area contributed by atoms with Gasteiger partial charge in [0, 0.05) is 58.9 Å². The lowest BCUT2D eigenvalue weighted by Crippen LogP contribution is -2.61. The van der Waals surface area contributed by atoms with Crippen LogP contribution in [0.4, 0.5) is 0 Å². The number of aromatic nitrogens is 1. The molecule has 7 aliphatic heterocycles. The van der Waals surface area contributed by atoms with Crippen LogP contribution >= 0.6 is 36.7 Å². The largest absolute Gasteiger partial charge is 0.480 e. The molecular formula is C61H99N7O37S3. The van der Waals surface area contributed by atoms with Gasteiger partial charge in [0.25, 0.3) is 15.5 Å². The van der Waals surface area contributed by atoms with Crippen molar-refractivity contribution in [2.75, 3.05) is 92.0 Å². The summed E-state index contributed by atoms with van der Waals surface area (Å²) < 4.78 is 65.6. The van der Waals surface area contributed by atoms with E-state index >= 15 is 0 Å². The summed E-state index contributed by atoms with van der Waals surface area (Å²) in [4.78, 5) is 36.7. The van der Waals surface area contributed by atoms with Crippen molar-refractivity contribution in [1.29, 1.82) is 0 Å². The number of nitrogens with one attached hydrogen (secondary N) is 3. The minimum atomic E-state index is -1.91. The zero-order chi connectivity index (χ0) is 79.1. The van der Waals surface area contributed by atoms with E-state index in [1.807, 2.05) is 4.90 Å². The lowest BCUT2D eigenvalue weighted by molar-refractivity contribution is -0.325. The molecule has 2 unspecified atom stereocenters. The van der Waals surface area contributed by atoms with Crippen LogP contribution < -0.4 is 16.0 Å². The molecule has 7 aliphatic rings. The van der Waals surface area contributed by atoms with Crippen LogP contribution in [-0.2, 0) is 79.5 Å². The molecule has 32 atom stereocenters. The summed E-state index contributed by atoms with van der Waals surface area (Å²) in [7, 11) is 0. The third-order valence-corrected chi connectivity index (χ3v) is 20.0. The zero-order valence-corrected chi connectivity index (χ0v) is 60.1. The first-order chi connectivity index (χ1) is 51.1. The zero-order valence-electron chi connectivity index (χ0n) is 57.7. The lowest BCUT2D eigenvalue weighted by Gasteiger charge is -2.42. The fourth-order valence-electron chi connectivity index (χ4n) is 12.7. The number of nitrogens with zero attached hydrogens (tertiary/aromatic N) is 4. The third-order valence-electron chi connectivity index (χ3n) is 19.2. The van der Waals surface area contributed by atoms with Crippen molar-refractivity contribution in [2.45, 2.75) is 229 Å². The van der Waals surface area contributed by atoms with Crippen molar-refractivity contribution in [1.82, 2.24) is 35.6 Å². The van der Waals surface area contributed by atoms with Gasteiger partial charge in [0.05, 0.1) is 31.2 Å². The van der Waals surface area contributed by atoms with Crippen LogP contribution in [0.5, 0.6) is 0 Å². The van der Waals surface area contributed by atoms with Gasteiger partial charge in [-0.3, -0.25) is 24.4 Å². The Hall–Kier alpha value is -4.16. The Morgan fingerprint density at radius 2 is 0.685 bits per heavy atom. The number of ether oxygens (including phenoxy) is 12. The van der Waals surface area contributed by atoms with E-state index in [4.69, 9.17) is 98.5 Å². The van der Waals surface area contributed by atoms with E-state index < -0.39 is 248 Å². The highest BCUT2D eigenvalue weighted by Crippen LogP contribution is 2.30. The van der Waals surface area contributed by atoms with Gasteiger partial charge in [-0.1, -0.05) is 6.07 Å². The average Bonchev–Trinajstić information content (AvgIpc) is 0.815. The van der Waals surface area contributed by atoms with Gasteiger partial charge < -0.3 is 195 Å². The van der Waals surface area contributed by atoms with Crippen LogP contribution in [0, 0.1) is 0 Å². The molecule has 26 N–H and O–H groups in total. The molecule has 108 heavy (non-hydrogen) atoms. The Bertz CT molecular complexity index is 2870. The SMILES string of the molecule is O=C(O)C(CCNC(=S)OC[C@H]1O[C@@H](OC[C@H]2O[C@@H](O)[C@H](O)[C@@H](O)[C@@H]2O)[C@H](O)[C@@H](O)[C@@H]1O)N1CCN(CCCNC(=S)OC[C@H]2O[C@@H](OC[C@H]3O[C@@H](O)[C@H](O)[C@@H](O)[C@@H]3O)[C@H](O)[C@@H](O)[C@@H]2O)CCN(C(CCNC(=S)OC[C@H]2O[C@@H](OC[C@H]3O[C@@H](O)[C@H](O)[C@@H](O)[C@@H]3O)[C@H](O)[C@@H](O)[C@@H]2O)C(=O)O)Cc2cccc(n2)C1. The van der Waals surface area contributed by atoms with Crippen molar-refractivity contribution in [3.63, 3.8) is 0 Å². The van der Waals surface area contributed by atoms with Crippen LogP contribution in [0.3, 0.4) is 0 Å². The highest BCUT2D eigenvalue weighted by Gasteiger charge is 2.52. The number of pyridine rings is 1. The third kappa shape index (κ3) is 23.7. The Kier molecular flexibility index (Phi) is 34.6. The normalized spacial score (nSPS) is 39.6. The molecule has 0 spiro atoms. The second-order valence-corrected chi connectivity index (χ2v) is 27.9. The van der Waals surface area contributed by atoms with Gasteiger partial charge in [0.2, 0.25) is 0 Å². The number of hydrogen-bond acceptors (Lipinski definition) is 42. The number of aliphatic hydroxyl groups excluding tert-OH is 21.